The molecule has 0 heterocycles. The number of amides is 1. The molecule has 484 valence electrons. The van der Waals surface area contributed by atoms with E-state index in [4.69, 9.17) is 13.8 Å². The number of hydrogen-bond acceptors (Lipinski definition) is 7. The Hall–Kier alpha value is -3.33. The molecule has 0 rings (SSSR count). The molecule has 3 atom stereocenters. The minimum atomic E-state index is -4.71. The molecule has 0 bridgehead atoms. The van der Waals surface area contributed by atoms with Gasteiger partial charge in [-0.25, -0.2) is 0 Å². The molecule has 0 spiro atoms. The lowest BCUT2D eigenvalue weighted by Crippen LogP contribution is -2.47. The second-order valence-corrected chi connectivity index (χ2v) is 25.7. The number of unbranched alkanes of at least 4 members (excludes halogenated alkanes) is 30. The van der Waals surface area contributed by atoms with Gasteiger partial charge in [0, 0.05) is 12.8 Å². The maximum Gasteiger partial charge on any atom is 0.306 e. The molecule has 0 fully saturated rings. The molecule has 1 N–H and O–H groups in total. The number of hydrogen-bond donors (Lipinski definition) is 1. The number of phosphoric acid groups is 1. The number of carbonyl (C=O) groups excluding carboxylic acids is 2. The van der Waals surface area contributed by atoms with Gasteiger partial charge in [-0.05, 0) is 115 Å². The summed E-state index contributed by atoms with van der Waals surface area (Å²) in [6.45, 7) is 6.70. The summed E-state index contributed by atoms with van der Waals surface area (Å²) in [5.74, 6) is -0.559. The fraction of sp³-hybridized carbons (Fsp3) is 0.730. The van der Waals surface area contributed by atoms with E-state index in [0.717, 1.165) is 135 Å². The molecule has 0 saturated heterocycles. The Balaban J connectivity index is 5.10. The molecule has 1 amide bonds. The van der Waals surface area contributed by atoms with Crippen LogP contribution in [0.5, 0.6) is 0 Å². The number of carbonyl (C=O) groups is 2. The molecule has 0 aromatic rings. The van der Waals surface area contributed by atoms with Crippen molar-refractivity contribution < 1.29 is 37.3 Å². The monoisotopic (exact) mass is 1190 g/mol. The minimum Gasteiger partial charge on any atom is -0.756 e. The Kier molecular flexibility index (Phi) is 60.2. The van der Waals surface area contributed by atoms with Crippen LogP contribution in [0.4, 0.5) is 0 Å². The lowest BCUT2D eigenvalue weighted by Gasteiger charge is -2.30. The van der Waals surface area contributed by atoms with Gasteiger partial charge in [0.15, 0.2) is 0 Å². The smallest absolute Gasteiger partial charge is 0.306 e. The lowest BCUT2D eigenvalue weighted by atomic mass is 10.0. The van der Waals surface area contributed by atoms with Crippen LogP contribution in [0, 0.1) is 0 Å². The zero-order valence-corrected chi connectivity index (χ0v) is 56.2. The highest BCUT2D eigenvalue weighted by atomic mass is 31.2. The third kappa shape index (κ3) is 63.2. The van der Waals surface area contributed by atoms with Crippen LogP contribution in [-0.2, 0) is 27.9 Å². The SMILES string of the molecule is CC/C=C\C/C=C\C/C=C\C/C=C\C/C=C\CCCCCCCCCCCCCC(=O)NC(COP(=O)([O-])OCC[N+](C)(C)C)C(/C=C\CCCCCCCCCCCC)OC(=O)CCCCCCCC/C=C\C/C=C\C/C=C\CCCCC. The molecular weight excluding hydrogens is 1060 g/mol. The van der Waals surface area contributed by atoms with Crippen molar-refractivity contribution in [1.29, 1.82) is 0 Å². The maximum atomic E-state index is 13.6. The van der Waals surface area contributed by atoms with Crippen LogP contribution in [0.25, 0.3) is 0 Å². The van der Waals surface area contributed by atoms with Crippen LogP contribution in [0.1, 0.15) is 297 Å². The first-order valence-electron chi connectivity index (χ1n) is 34.7. The van der Waals surface area contributed by atoms with Gasteiger partial charge in [0.2, 0.25) is 5.91 Å². The third-order valence-corrected chi connectivity index (χ3v) is 15.9. The number of phosphoric ester groups is 1. The van der Waals surface area contributed by atoms with Crippen LogP contribution in [0.15, 0.2) is 109 Å². The second-order valence-electron chi connectivity index (χ2n) is 24.3. The predicted molar refractivity (Wildman–Crippen MR) is 362 cm³/mol. The number of ether oxygens (including phenoxy) is 1. The molecule has 0 aliphatic heterocycles. The Labute approximate surface area is 519 Å². The largest absolute Gasteiger partial charge is 0.756 e. The van der Waals surface area contributed by atoms with Gasteiger partial charge in [-0.15, -0.1) is 0 Å². The van der Waals surface area contributed by atoms with Gasteiger partial charge in [-0.3, -0.25) is 14.2 Å². The fourth-order valence-electron chi connectivity index (χ4n) is 9.62. The molecular formula is C74H131N2O7P. The average molecular weight is 1190 g/mol. The van der Waals surface area contributed by atoms with Gasteiger partial charge < -0.3 is 28.5 Å². The number of allylic oxidation sites excluding steroid dienone is 17. The number of esters is 1. The molecule has 10 heteroatoms. The Morgan fingerprint density at radius 3 is 1.17 bits per heavy atom. The number of quaternary nitrogens is 1. The molecule has 9 nitrogen and oxygen atoms in total. The Morgan fingerprint density at radius 2 is 0.762 bits per heavy atom. The number of nitrogens with zero attached hydrogens (tertiary/aromatic N) is 1. The summed E-state index contributed by atoms with van der Waals surface area (Å²) in [6.07, 6.45) is 86.3. The summed E-state index contributed by atoms with van der Waals surface area (Å²) in [7, 11) is 1.17. The highest BCUT2D eigenvalue weighted by Gasteiger charge is 2.27. The summed E-state index contributed by atoms with van der Waals surface area (Å²) in [6, 6.07) is -0.903. The normalized spacial score (nSPS) is 14.2. The van der Waals surface area contributed by atoms with E-state index in [-0.39, 0.29) is 24.9 Å². The molecule has 0 aliphatic rings. The molecule has 0 aromatic heterocycles. The summed E-state index contributed by atoms with van der Waals surface area (Å²) in [5, 5.41) is 3.04. The van der Waals surface area contributed by atoms with E-state index in [2.05, 4.69) is 123 Å². The van der Waals surface area contributed by atoms with Gasteiger partial charge in [0.25, 0.3) is 7.82 Å². The highest BCUT2D eigenvalue weighted by Crippen LogP contribution is 2.38. The van der Waals surface area contributed by atoms with Crippen molar-refractivity contribution in [1.82, 2.24) is 5.32 Å². The maximum absolute atomic E-state index is 13.6. The van der Waals surface area contributed by atoms with Crippen molar-refractivity contribution in [2.24, 2.45) is 0 Å². The van der Waals surface area contributed by atoms with Crippen molar-refractivity contribution >= 4 is 19.7 Å². The van der Waals surface area contributed by atoms with Crippen LogP contribution in [0.3, 0.4) is 0 Å². The number of likely N-dealkylation sites (N-methyl/N-ethyl adjacent to an activating group) is 1. The van der Waals surface area contributed by atoms with Gasteiger partial charge in [0.05, 0.1) is 33.8 Å². The first kappa shape index (κ1) is 80.7. The van der Waals surface area contributed by atoms with Crippen molar-refractivity contribution in [3.63, 3.8) is 0 Å². The molecule has 0 radical (unpaired) electrons. The minimum absolute atomic E-state index is 0.0297. The first-order valence-corrected chi connectivity index (χ1v) is 36.2. The summed E-state index contributed by atoms with van der Waals surface area (Å²) < 4.78 is 30.4. The van der Waals surface area contributed by atoms with Crippen molar-refractivity contribution in [3.8, 4) is 0 Å². The summed E-state index contributed by atoms with van der Waals surface area (Å²) in [5.41, 5.74) is 0. The van der Waals surface area contributed by atoms with Crippen LogP contribution in [-0.4, -0.2) is 69.4 Å². The zero-order chi connectivity index (χ0) is 61.4. The van der Waals surface area contributed by atoms with Crippen molar-refractivity contribution in [3.05, 3.63) is 109 Å². The standard InChI is InChI=1S/C74H131N2O7P/c1-7-10-13-16-19-22-25-28-30-32-34-35-36-37-38-39-40-41-43-44-46-48-51-54-57-60-63-66-73(77)75-71(70-82-84(79,80)81-69-68-76(4,5)6)72(65-62-59-56-53-50-27-24-21-18-15-12-9-3)83-74(78)67-64-61-58-55-52-49-47-45-42-33-31-29-26-23-20-17-14-11-8-2/h10,13,19-20,22-23,28-31,34-35,37-38,42,45,62,65,71-72H,7-9,11-12,14-18,21,24-27,32-33,36,39-41,43-44,46-61,63-64,66-70H2,1-6H3,(H-,75,77,79,80)/b13-10-,22-19-,23-20-,30-28-,31-29-,35-34-,38-37-,45-42-,65-62-. The molecule has 0 aliphatic carbocycles. The van der Waals surface area contributed by atoms with E-state index in [1.165, 1.54) is 122 Å². The molecule has 0 saturated carbocycles. The van der Waals surface area contributed by atoms with Crippen LogP contribution in [0.2, 0.25) is 0 Å². The Bertz CT molecular complexity index is 1810. The number of rotatable bonds is 62. The Morgan fingerprint density at radius 1 is 0.429 bits per heavy atom. The zero-order valence-electron chi connectivity index (χ0n) is 55.3. The van der Waals surface area contributed by atoms with Crippen molar-refractivity contribution in [2.45, 2.75) is 309 Å². The second kappa shape index (κ2) is 62.7. The molecule has 0 aromatic carbocycles. The van der Waals surface area contributed by atoms with Crippen LogP contribution < -0.4 is 10.2 Å². The lowest BCUT2D eigenvalue weighted by molar-refractivity contribution is -0.870. The van der Waals surface area contributed by atoms with E-state index in [0.29, 0.717) is 23.9 Å². The predicted octanol–water partition coefficient (Wildman–Crippen LogP) is 21.4. The molecule has 84 heavy (non-hydrogen) atoms. The van der Waals surface area contributed by atoms with Gasteiger partial charge >= 0.3 is 5.97 Å². The summed E-state index contributed by atoms with van der Waals surface area (Å²) in [4.78, 5) is 40.2. The van der Waals surface area contributed by atoms with Crippen LogP contribution >= 0.6 is 7.82 Å². The quantitative estimate of drug-likeness (QED) is 0.0212. The topological polar surface area (TPSA) is 114 Å². The van der Waals surface area contributed by atoms with Crippen molar-refractivity contribution in [2.75, 3.05) is 40.9 Å². The summed E-state index contributed by atoms with van der Waals surface area (Å²) >= 11 is 0. The first-order chi connectivity index (χ1) is 40.9. The van der Waals surface area contributed by atoms with E-state index < -0.39 is 26.6 Å². The fourth-order valence-corrected chi connectivity index (χ4v) is 10.3. The average Bonchev–Trinajstić information content (AvgIpc) is 3.64. The van der Waals surface area contributed by atoms with E-state index in [1.807, 2.05) is 33.3 Å². The molecule has 3 unspecified atom stereocenters. The van der Waals surface area contributed by atoms with E-state index in [9.17, 15) is 19.0 Å². The third-order valence-electron chi connectivity index (χ3n) is 14.9. The van der Waals surface area contributed by atoms with Gasteiger partial charge in [-0.2, -0.15) is 0 Å². The highest BCUT2D eigenvalue weighted by molar-refractivity contribution is 7.45. The van der Waals surface area contributed by atoms with E-state index >= 15 is 0 Å². The van der Waals surface area contributed by atoms with Gasteiger partial charge in [-0.1, -0.05) is 278 Å². The van der Waals surface area contributed by atoms with E-state index in [1.54, 1.807) is 0 Å². The number of nitrogens with one attached hydrogen (secondary N) is 1. The van der Waals surface area contributed by atoms with Gasteiger partial charge in [0.1, 0.15) is 19.3 Å².